The molecule has 1 nitrogen and oxygen atoms in total. The fourth-order valence-corrected chi connectivity index (χ4v) is 3.32. The average molecular weight is 237 g/mol. The lowest BCUT2D eigenvalue weighted by molar-refractivity contribution is 0.0884. The van der Waals surface area contributed by atoms with Gasteiger partial charge in [-0.3, -0.25) is 0 Å². The van der Waals surface area contributed by atoms with Crippen LogP contribution >= 0.6 is 0 Å². The topological polar surface area (TPSA) is 12.0 Å². The second-order valence-electron chi connectivity index (χ2n) is 5.47. The Morgan fingerprint density at radius 3 is 2.47 bits per heavy atom. The van der Waals surface area contributed by atoms with Crippen molar-refractivity contribution in [2.45, 2.75) is 49.9 Å². The molecule has 1 aromatic rings. The number of hydrogen-bond acceptors (Lipinski definition) is 1. The molecule has 0 radical (unpaired) electrons. The Balaban J connectivity index is 1.78. The highest BCUT2D eigenvalue weighted by molar-refractivity contribution is 5.20. The van der Waals surface area contributed by atoms with E-state index in [0.717, 1.165) is 12.8 Å². The quantitative estimate of drug-likeness (QED) is 0.833. The molecule has 2 heterocycles. The SMILES string of the molecule is Fc1ccccc1CC1(F)CC2CCC(C1)N2. The zero-order chi connectivity index (χ0) is 11.9. The van der Waals surface area contributed by atoms with Gasteiger partial charge in [0, 0.05) is 18.5 Å². The van der Waals surface area contributed by atoms with Crippen molar-refractivity contribution in [2.24, 2.45) is 0 Å². The predicted molar refractivity (Wildman–Crippen MR) is 63.1 cm³/mol. The van der Waals surface area contributed by atoms with Gasteiger partial charge in [0.05, 0.1) is 0 Å². The van der Waals surface area contributed by atoms with Gasteiger partial charge in [-0.2, -0.15) is 0 Å². The van der Waals surface area contributed by atoms with E-state index in [0.29, 0.717) is 30.5 Å². The van der Waals surface area contributed by atoms with Crippen LogP contribution in [0.25, 0.3) is 0 Å². The lowest BCUT2D eigenvalue weighted by Gasteiger charge is -2.35. The molecule has 3 rings (SSSR count). The maximum Gasteiger partial charge on any atom is 0.126 e. The van der Waals surface area contributed by atoms with Gasteiger partial charge in [-0.15, -0.1) is 0 Å². The van der Waals surface area contributed by atoms with Gasteiger partial charge in [0.15, 0.2) is 0 Å². The maximum absolute atomic E-state index is 14.8. The number of piperidine rings is 1. The van der Waals surface area contributed by atoms with Gasteiger partial charge >= 0.3 is 0 Å². The van der Waals surface area contributed by atoms with E-state index in [4.69, 9.17) is 0 Å². The van der Waals surface area contributed by atoms with Crippen LogP contribution in [0.3, 0.4) is 0 Å². The Kier molecular flexibility index (Phi) is 2.66. The molecule has 2 fully saturated rings. The third-order valence-corrected chi connectivity index (χ3v) is 4.02. The molecule has 2 aliphatic rings. The van der Waals surface area contributed by atoms with Gasteiger partial charge in [-0.1, -0.05) is 18.2 Å². The number of hydrogen-bond donors (Lipinski definition) is 1. The van der Waals surface area contributed by atoms with Crippen LogP contribution in [0, 0.1) is 5.82 Å². The Morgan fingerprint density at radius 2 is 1.82 bits per heavy atom. The highest BCUT2D eigenvalue weighted by Gasteiger charge is 2.44. The van der Waals surface area contributed by atoms with E-state index in [-0.39, 0.29) is 12.2 Å². The Labute approximate surface area is 100 Å². The Bertz CT molecular complexity index is 406. The average Bonchev–Trinajstić information content (AvgIpc) is 2.62. The summed E-state index contributed by atoms with van der Waals surface area (Å²) in [7, 11) is 0. The molecule has 17 heavy (non-hydrogen) atoms. The molecule has 2 unspecified atom stereocenters. The zero-order valence-corrected chi connectivity index (χ0v) is 9.76. The molecule has 3 heteroatoms. The second kappa shape index (κ2) is 4.05. The molecular formula is C14H17F2N. The van der Waals surface area contributed by atoms with Crippen LogP contribution < -0.4 is 5.32 Å². The standard InChI is InChI=1S/C14H17F2N/c15-13-4-2-1-3-10(13)7-14(16)8-11-5-6-12(9-14)17-11/h1-4,11-12,17H,5-9H2. The third kappa shape index (κ3) is 2.21. The van der Waals surface area contributed by atoms with Gasteiger partial charge < -0.3 is 5.32 Å². The number of nitrogens with one attached hydrogen (secondary N) is 1. The van der Waals surface area contributed by atoms with Crippen LogP contribution in [0.5, 0.6) is 0 Å². The van der Waals surface area contributed by atoms with Crippen molar-refractivity contribution in [1.29, 1.82) is 0 Å². The molecule has 2 aliphatic heterocycles. The van der Waals surface area contributed by atoms with E-state index in [9.17, 15) is 8.78 Å². The summed E-state index contributed by atoms with van der Waals surface area (Å²) >= 11 is 0. The minimum absolute atomic E-state index is 0.217. The lowest BCUT2D eigenvalue weighted by atomic mass is 9.84. The van der Waals surface area contributed by atoms with Crippen molar-refractivity contribution in [1.82, 2.24) is 5.32 Å². The molecule has 0 amide bonds. The first kappa shape index (κ1) is 11.1. The van der Waals surface area contributed by atoms with Gasteiger partial charge in [0.2, 0.25) is 0 Å². The van der Waals surface area contributed by atoms with Gasteiger partial charge in [0.1, 0.15) is 11.5 Å². The smallest absolute Gasteiger partial charge is 0.126 e. The fourth-order valence-electron chi connectivity index (χ4n) is 3.32. The number of alkyl halides is 1. The number of halogens is 2. The molecule has 1 aromatic carbocycles. The summed E-state index contributed by atoms with van der Waals surface area (Å²) in [4.78, 5) is 0. The molecule has 0 spiro atoms. The van der Waals surface area contributed by atoms with E-state index >= 15 is 0 Å². The molecular weight excluding hydrogens is 220 g/mol. The number of rotatable bonds is 2. The van der Waals surface area contributed by atoms with Crippen molar-refractivity contribution in [2.75, 3.05) is 0 Å². The first-order chi connectivity index (χ1) is 8.15. The van der Waals surface area contributed by atoms with Crippen molar-refractivity contribution in [3.05, 3.63) is 35.6 Å². The zero-order valence-electron chi connectivity index (χ0n) is 9.76. The molecule has 1 N–H and O–H groups in total. The molecule has 92 valence electrons. The highest BCUT2D eigenvalue weighted by Crippen LogP contribution is 2.39. The third-order valence-electron chi connectivity index (χ3n) is 4.02. The normalized spacial score (nSPS) is 36.1. The summed E-state index contributed by atoms with van der Waals surface area (Å²) in [5, 5.41) is 3.41. The summed E-state index contributed by atoms with van der Waals surface area (Å²) in [6, 6.07) is 7.12. The van der Waals surface area contributed by atoms with Crippen LogP contribution in [-0.4, -0.2) is 17.8 Å². The monoisotopic (exact) mass is 237 g/mol. The summed E-state index contributed by atoms with van der Waals surface area (Å²) < 4.78 is 28.3. The van der Waals surface area contributed by atoms with E-state index in [1.807, 2.05) is 0 Å². The van der Waals surface area contributed by atoms with Crippen LogP contribution in [-0.2, 0) is 6.42 Å². The lowest BCUT2D eigenvalue weighted by Crippen LogP contribution is -2.47. The van der Waals surface area contributed by atoms with Crippen molar-refractivity contribution < 1.29 is 8.78 Å². The van der Waals surface area contributed by atoms with Crippen LogP contribution in [0.2, 0.25) is 0 Å². The van der Waals surface area contributed by atoms with E-state index in [1.54, 1.807) is 18.2 Å². The van der Waals surface area contributed by atoms with Crippen molar-refractivity contribution in [3.63, 3.8) is 0 Å². The molecule has 0 aliphatic carbocycles. The Morgan fingerprint density at radius 1 is 1.18 bits per heavy atom. The van der Waals surface area contributed by atoms with Crippen LogP contribution in [0.1, 0.15) is 31.2 Å². The van der Waals surface area contributed by atoms with E-state index in [2.05, 4.69) is 5.32 Å². The molecule has 0 aromatic heterocycles. The van der Waals surface area contributed by atoms with Gasteiger partial charge in [-0.25, -0.2) is 8.78 Å². The number of fused-ring (bicyclic) bond motifs is 2. The Hall–Kier alpha value is -0.960. The predicted octanol–water partition coefficient (Wildman–Crippen LogP) is 2.99. The number of benzene rings is 1. The minimum atomic E-state index is -1.22. The van der Waals surface area contributed by atoms with Gasteiger partial charge in [-0.05, 0) is 37.3 Å². The fraction of sp³-hybridized carbons (Fsp3) is 0.571. The first-order valence-electron chi connectivity index (χ1n) is 6.33. The minimum Gasteiger partial charge on any atom is -0.311 e. The molecule has 0 saturated carbocycles. The molecule has 2 bridgehead atoms. The summed E-state index contributed by atoms with van der Waals surface area (Å²) in [5.41, 5.74) is -0.712. The molecule has 2 saturated heterocycles. The van der Waals surface area contributed by atoms with E-state index < -0.39 is 5.67 Å². The van der Waals surface area contributed by atoms with Crippen molar-refractivity contribution >= 4 is 0 Å². The summed E-state index contributed by atoms with van der Waals surface area (Å²) in [5.74, 6) is -0.282. The van der Waals surface area contributed by atoms with E-state index in [1.165, 1.54) is 6.07 Å². The molecule has 2 atom stereocenters. The highest BCUT2D eigenvalue weighted by atomic mass is 19.1. The summed E-state index contributed by atoms with van der Waals surface area (Å²) in [6.07, 6.45) is 3.39. The van der Waals surface area contributed by atoms with Crippen LogP contribution in [0.15, 0.2) is 24.3 Å². The van der Waals surface area contributed by atoms with Gasteiger partial charge in [0.25, 0.3) is 0 Å². The van der Waals surface area contributed by atoms with Crippen LogP contribution in [0.4, 0.5) is 8.78 Å². The first-order valence-corrected chi connectivity index (χ1v) is 6.33. The largest absolute Gasteiger partial charge is 0.311 e. The second-order valence-corrected chi connectivity index (χ2v) is 5.47. The van der Waals surface area contributed by atoms with Crippen molar-refractivity contribution in [3.8, 4) is 0 Å². The summed E-state index contributed by atoms with van der Waals surface area (Å²) in [6.45, 7) is 0. The maximum atomic E-state index is 14.8.